The molecule has 1 aromatic rings. The first-order chi connectivity index (χ1) is 11.7. The van der Waals surface area contributed by atoms with E-state index in [0.29, 0.717) is 25.1 Å². The molecule has 1 aromatic heterocycles. The molecular formula is C17H23F2N3O3. The van der Waals surface area contributed by atoms with Crippen molar-refractivity contribution in [2.24, 2.45) is 7.05 Å². The van der Waals surface area contributed by atoms with Crippen LogP contribution in [0.1, 0.15) is 29.6 Å². The number of nitrogens with zero attached hydrogens (tertiary/aromatic N) is 3. The highest BCUT2D eigenvalue weighted by Gasteiger charge is 2.42. The second-order valence-corrected chi connectivity index (χ2v) is 7.20. The van der Waals surface area contributed by atoms with Crippen molar-refractivity contribution in [3.8, 4) is 0 Å². The second kappa shape index (κ2) is 6.49. The number of amides is 1. The maximum Gasteiger partial charge on any atom is 0.255 e. The molecule has 8 heteroatoms. The van der Waals surface area contributed by atoms with E-state index in [0.717, 1.165) is 0 Å². The van der Waals surface area contributed by atoms with E-state index < -0.39 is 11.5 Å². The molecule has 0 saturated carbocycles. The topological polar surface area (TPSA) is 65.8 Å². The quantitative estimate of drug-likeness (QED) is 0.867. The minimum Gasteiger partial charge on any atom is -0.387 e. The Hall–Kier alpha value is -1.80. The zero-order valence-corrected chi connectivity index (χ0v) is 14.3. The summed E-state index contributed by atoms with van der Waals surface area (Å²) in [6, 6.07) is 2.82. The highest BCUT2D eigenvalue weighted by atomic mass is 19.3. The molecule has 1 atom stereocenters. The van der Waals surface area contributed by atoms with Gasteiger partial charge in [-0.25, -0.2) is 8.78 Å². The minimum atomic E-state index is -2.61. The number of pyridine rings is 1. The van der Waals surface area contributed by atoms with Crippen LogP contribution in [-0.4, -0.2) is 69.6 Å². The van der Waals surface area contributed by atoms with Gasteiger partial charge in [0.1, 0.15) is 0 Å². The predicted molar refractivity (Wildman–Crippen MR) is 87.8 cm³/mol. The largest absolute Gasteiger partial charge is 0.387 e. The van der Waals surface area contributed by atoms with E-state index in [9.17, 15) is 23.5 Å². The molecule has 0 aromatic carbocycles. The van der Waals surface area contributed by atoms with Gasteiger partial charge >= 0.3 is 0 Å². The average Bonchev–Trinajstić information content (AvgIpc) is 2.94. The molecule has 1 N–H and O–H groups in total. The van der Waals surface area contributed by atoms with Crippen molar-refractivity contribution in [2.45, 2.75) is 30.8 Å². The number of halogens is 2. The fraction of sp³-hybridized carbons (Fsp3) is 0.647. The Labute approximate surface area is 144 Å². The number of hydrogen-bond donors (Lipinski definition) is 1. The third-order valence-electron chi connectivity index (χ3n) is 5.06. The maximum absolute atomic E-state index is 13.2. The zero-order valence-electron chi connectivity index (χ0n) is 14.3. The van der Waals surface area contributed by atoms with Crippen LogP contribution >= 0.6 is 0 Å². The molecule has 6 nitrogen and oxygen atoms in total. The average molecular weight is 355 g/mol. The van der Waals surface area contributed by atoms with Crippen LogP contribution in [0, 0.1) is 0 Å². The number of piperidine rings is 1. The van der Waals surface area contributed by atoms with Gasteiger partial charge in [-0.2, -0.15) is 0 Å². The summed E-state index contributed by atoms with van der Waals surface area (Å²) in [5.41, 5.74) is -0.886. The Morgan fingerprint density at radius 1 is 1.20 bits per heavy atom. The lowest BCUT2D eigenvalue weighted by Gasteiger charge is -2.36. The molecule has 2 aliphatic rings. The van der Waals surface area contributed by atoms with Crippen LogP contribution in [0.3, 0.4) is 0 Å². The fourth-order valence-electron chi connectivity index (χ4n) is 3.52. The van der Waals surface area contributed by atoms with Crippen LogP contribution in [0.25, 0.3) is 0 Å². The molecule has 0 unspecified atom stereocenters. The van der Waals surface area contributed by atoms with Crippen LogP contribution in [0.5, 0.6) is 0 Å². The second-order valence-electron chi connectivity index (χ2n) is 7.20. The maximum atomic E-state index is 13.2. The lowest BCUT2D eigenvalue weighted by atomic mass is 10.00. The van der Waals surface area contributed by atoms with Gasteiger partial charge in [0.2, 0.25) is 5.56 Å². The SMILES string of the molecule is Cn1cc(C(=O)N2CC[C@](O)(CN3CCC(F)(F)CC3)C2)ccc1=O. The van der Waals surface area contributed by atoms with Gasteiger partial charge in [-0.1, -0.05) is 0 Å². The lowest BCUT2D eigenvalue weighted by molar-refractivity contribution is -0.0720. The number of hydrogen-bond acceptors (Lipinski definition) is 4. The first-order valence-electron chi connectivity index (χ1n) is 8.46. The summed E-state index contributed by atoms with van der Waals surface area (Å²) in [5, 5.41) is 10.8. The normalized spacial score (nSPS) is 26.8. The van der Waals surface area contributed by atoms with Crippen molar-refractivity contribution in [3.05, 3.63) is 34.2 Å². The number of rotatable bonds is 3. The third kappa shape index (κ3) is 4.07. The fourth-order valence-corrected chi connectivity index (χ4v) is 3.52. The molecule has 138 valence electrons. The molecular weight excluding hydrogens is 332 g/mol. The minimum absolute atomic E-state index is 0.168. The molecule has 0 radical (unpaired) electrons. The highest BCUT2D eigenvalue weighted by Crippen LogP contribution is 2.30. The highest BCUT2D eigenvalue weighted by molar-refractivity contribution is 5.94. The van der Waals surface area contributed by atoms with Crippen molar-refractivity contribution in [2.75, 3.05) is 32.7 Å². The Morgan fingerprint density at radius 2 is 1.88 bits per heavy atom. The van der Waals surface area contributed by atoms with Gasteiger partial charge < -0.3 is 14.6 Å². The van der Waals surface area contributed by atoms with Gasteiger partial charge in [0.05, 0.1) is 17.7 Å². The van der Waals surface area contributed by atoms with Gasteiger partial charge in [-0.15, -0.1) is 0 Å². The Bertz CT molecular complexity index is 711. The Kier molecular flexibility index (Phi) is 4.68. The molecule has 3 rings (SSSR count). The van der Waals surface area contributed by atoms with Gasteiger partial charge in [0, 0.05) is 58.3 Å². The number of aromatic nitrogens is 1. The lowest BCUT2D eigenvalue weighted by Crippen LogP contribution is -2.49. The first kappa shape index (κ1) is 18.0. The van der Waals surface area contributed by atoms with E-state index in [4.69, 9.17) is 0 Å². The summed E-state index contributed by atoms with van der Waals surface area (Å²) in [6.07, 6.45) is 1.51. The van der Waals surface area contributed by atoms with Crippen LogP contribution < -0.4 is 5.56 Å². The monoisotopic (exact) mass is 355 g/mol. The smallest absolute Gasteiger partial charge is 0.255 e. The van der Waals surface area contributed by atoms with Gasteiger partial charge in [0.25, 0.3) is 11.8 Å². The van der Waals surface area contributed by atoms with Gasteiger partial charge in [-0.05, 0) is 12.5 Å². The summed E-state index contributed by atoms with van der Waals surface area (Å²) in [4.78, 5) is 27.4. The summed E-state index contributed by atoms with van der Waals surface area (Å²) >= 11 is 0. The van der Waals surface area contributed by atoms with E-state index in [-0.39, 0.29) is 43.9 Å². The molecule has 3 heterocycles. The zero-order chi connectivity index (χ0) is 18.2. The standard InChI is InChI=1S/C17H23F2N3O3/c1-20-10-13(2-3-14(20)23)15(24)22-9-4-16(25,12-22)11-21-7-5-17(18,19)6-8-21/h2-3,10,25H,4-9,11-12H2,1H3/t16-/m0/s1. The number of carbonyl (C=O) groups excluding carboxylic acids is 1. The van der Waals surface area contributed by atoms with Crippen molar-refractivity contribution in [3.63, 3.8) is 0 Å². The van der Waals surface area contributed by atoms with E-state index in [1.165, 1.54) is 22.9 Å². The van der Waals surface area contributed by atoms with Crippen molar-refractivity contribution in [1.82, 2.24) is 14.4 Å². The molecule has 2 fully saturated rings. The van der Waals surface area contributed by atoms with Crippen LogP contribution in [0.4, 0.5) is 8.78 Å². The number of alkyl halides is 2. The first-order valence-corrected chi connectivity index (χ1v) is 8.46. The van der Waals surface area contributed by atoms with Crippen LogP contribution in [0.15, 0.2) is 23.1 Å². The number of aliphatic hydroxyl groups is 1. The summed E-state index contributed by atoms with van der Waals surface area (Å²) in [6.45, 7) is 1.37. The van der Waals surface area contributed by atoms with E-state index in [1.54, 1.807) is 11.9 Å². The molecule has 2 aliphatic heterocycles. The number of likely N-dealkylation sites (tertiary alicyclic amines) is 2. The van der Waals surface area contributed by atoms with Crippen molar-refractivity contribution >= 4 is 5.91 Å². The molecule has 0 spiro atoms. The summed E-state index contributed by atoms with van der Waals surface area (Å²) < 4.78 is 27.8. The summed E-state index contributed by atoms with van der Waals surface area (Å²) in [7, 11) is 1.57. The molecule has 2 saturated heterocycles. The van der Waals surface area contributed by atoms with Crippen molar-refractivity contribution < 1.29 is 18.7 Å². The number of β-amino-alcohol motifs (C(OH)–C–C–N with tert-alkyl or cyclic N) is 1. The number of aryl methyl sites for hydroxylation is 1. The number of carbonyl (C=O) groups is 1. The third-order valence-corrected chi connectivity index (χ3v) is 5.06. The molecule has 25 heavy (non-hydrogen) atoms. The van der Waals surface area contributed by atoms with Gasteiger partial charge in [-0.3, -0.25) is 14.5 Å². The Balaban J connectivity index is 1.61. The van der Waals surface area contributed by atoms with Crippen molar-refractivity contribution in [1.29, 1.82) is 0 Å². The van der Waals surface area contributed by atoms with Crippen LogP contribution in [0.2, 0.25) is 0 Å². The molecule has 0 aliphatic carbocycles. The summed E-state index contributed by atoms with van der Waals surface area (Å²) in [5.74, 6) is -2.85. The van der Waals surface area contributed by atoms with Gasteiger partial charge in [0.15, 0.2) is 0 Å². The van der Waals surface area contributed by atoms with E-state index in [1.807, 2.05) is 4.90 Å². The van der Waals surface area contributed by atoms with Crippen LogP contribution in [-0.2, 0) is 7.05 Å². The molecule has 0 bridgehead atoms. The van der Waals surface area contributed by atoms with E-state index >= 15 is 0 Å². The van der Waals surface area contributed by atoms with E-state index in [2.05, 4.69) is 0 Å². The Morgan fingerprint density at radius 3 is 2.52 bits per heavy atom. The molecule has 1 amide bonds. The predicted octanol–water partition coefficient (Wildman–Crippen LogP) is 0.693.